The Labute approximate surface area is 157 Å². The second-order valence-corrected chi connectivity index (χ2v) is 6.50. The number of likely N-dealkylation sites (N-methyl/N-ethyl adjacent to an activating group) is 1. The van der Waals surface area contributed by atoms with Crippen LogP contribution < -0.4 is 14.8 Å². The highest BCUT2D eigenvalue weighted by atomic mass is 32.1. The molecule has 0 unspecified atom stereocenters. The number of amides is 1. The molecule has 26 heavy (non-hydrogen) atoms. The fourth-order valence-electron chi connectivity index (χ4n) is 2.33. The molecule has 0 saturated heterocycles. The quantitative estimate of drug-likeness (QED) is 0.704. The maximum Gasteiger partial charge on any atom is 0.288 e. The van der Waals surface area contributed by atoms with Crippen molar-refractivity contribution in [2.45, 2.75) is 26.6 Å². The van der Waals surface area contributed by atoms with Crippen LogP contribution in [0.5, 0.6) is 11.5 Å². The topological polar surface area (TPSA) is 81.8 Å². The lowest BCUT2D eigenvalue weighted by Gasteiger charge is -2.16. The van der Waals surface area contributed by atoms with Crippen molar-refractivity contribution < 1.29 is 18.7 Å². The van der Waals surface area contributed by atoms with E-state index in [2.05, 4.69) is 10.4 Å². The minimum absolute atomic E-state index is 0.0599. The Kier molecular flexibility index (Phi) is 6.76. The normalized spacial score (nSPS) is 11.0. The Morgan fingerprint density at radius 3 is 2.46 bits per heavy atom. The molecule has 1 heterocycles. The Bertz CT molecular complexity index is 793. The number of carbonyl (C=O) groups is 1. The van der Waals surface area contributed by atoms with Gasteiger partial charge in [-0.3, -0.25) is 9.69 Å². The molecule has 2 aromatic rings. The average molecular weight is 380 g/mol. The summed E-state index contributed by atoms with van der Waals surface area (Å²) in [4.78, 5) is 13.9. The van der Waals surface area contributed by atoms with Crippen molar-refractivity contribution in [3.05, 3.63) is 23.0 Å². The van der Waals surface area contributed by atoms with Gasteiger partial charge < -0.3 is 19.2 Å². The molecular formula is C17H24N4O4S. The van der Waals surface area contributed by atoms with Gasteiger partial charge in [0.15, 0.2) is 0 Å². The monoisotopic (exact) mass is 380 g/mol. The molecular weight excluding hydrogens is 356 g/mol. The van der Waals surface area contributed by atoms with Crippen molar-refractivity contribution in [1.82, 2.24) is 20.0 Å². The molecule has 142 valence electrons. The van der Waals surface area contributed by atoms with Crippen LogP contribution in [0.3, 0.4) is 0 Å². The zero-order valence-corrected chi connectivity index (χ0v) is 16.4. The van der Waals surface area contributed by atoms with Gasteiger partial charge in [-0.05, 0) is 45.2 Å². The van der Waals surface area contributed by atoms with Gasteiger partial charge in [-0.1, -0.05) is 0 Å². The summed E-state index contributed by atoms with van der Waals surface area (Å²) < 4.78 is 17.6. The molecule has 0 atom stereocenters. The predicted octanol–water partition coefficient (Wildman–Crippen LogP) is 2.30. The number of nitrogens with one attached hydrogen (secondary N) is 1. The molecule has 1 N–H and O–H groups in total. The van der Waals surface area contributed by atoms with E-state index in [4.69, 9.17) is 26.1 Å². The standard InChI is InChI=1S/C17H24N4O4S/c1-11(2)18-15(22)9-20(3)10-21-17(26)25-16(19-21)12-6-13(23-4)8-14(7-12)24-5/h6-8,11H,9-10H2,1-5H3,(H,18,22). The molecule has 9 heteroatoms. The van der Waals surface area contributed by atoms with Crippen molar-refractivity contribution in [3.8, 4) is 23.0 Å². The molecule has 8 nitrogen and oxygen atoms in total. The molecule has 0 radical (unpaired) electrons. The van der Waals surface area contributed by atoms with Gasteiger partial charge in [0, 0.05) is 17.7 Å². The van der Waals surface area contributed by atoms with E-state index in [1.165, 1.54) is 4.68 Å². The number of nitrogens with zero attached hydrogens (tertiary/aromatic N) is 3. The van der Waals surface area contributed by atoms with E-state index >= 15 is 0 Å². The zero-order valence-electron chi connectivity index (χ0n) is 15.6. The number of hydrogen-bond donors (Lipinski definition) is 1. The molecule has 0 bridgehead atoms. The summed E-state index contributed by atoms with van der Waals surface area (Å²) in [5.41, 5.74) is 0.686. The van der Waals surface area contributed by atoms with Gasteiger partial charge >= 0.3 is 0 Å². The summed E-state index contributed by atoms with van der Waals surface area (Å²) in [5.74, 6) is 1.54. The van der Waals surface area contributed by atoms with Gasteiger partial charge in [0.2, 0.25) is 11.8 Å². The van der Waals surface area contributed by atoms with E-state index in [1.807, 2.05) is 20.9 Å². The first-order valence-electron chi connectivity index (χ1n) is 8.11. The maximum absolute atomic E-state index is 11.8. The number of carbonyl (C=O) groups excluding carboxylic acids is 1. The average Bonchev–Trinajstić information content (AvgIpc) is 2.94. The van der Waals surface area contributed by atoms with Crippen LogP contribution in [0.15, 0.2) is 22.6 Å². The minimum atomic E-state index is -0.0599. The van der Waals surface area contributed by atoms with Gasteiger partial charge in [-0.25, -0.2) is 4.68 Å². The molecule has 0 aliphatic carbocycles. The van der Waals surface area contributed by atoms with E-state index in [-0.39, 0.29) is 23.3 Å². The molecule has 2 rings (SSSR count). The molecule has 1 aromatic carbocycles. The molecule has 0 aliphatic heterocycles. The van der Waals surface area contributed by atoms with Crippen molar-refractivity contribution >= 4 is 18.1 Å². The number of hydrogen-bond acceptors (Lipinski definition) is 7. The van der Waals surface area contributed by atoms with Crippen molar-refractivity contribution in [1.29, 1.82) is 0 Å². The summed E-state index contributed by atoms with van der Waals surface area (Å²) in [6.45, 7) is 4.39. The van der Waals surface area contributed by atoms with E-state index < -0.39 is 0 Å². The van der Waals surface area contributed by atoms with Crippen LogP contribution in [0.4, 0.5) is 0 Å². The molecule has 1 amide bonds. The van der Waals surface area contributed by atoms with Crippen LogP contribution in [0.2, 0.25) is 0 Å². The van der Waals surface area contributed by atoms with Gasteiger partial charge in [0.1, 0.15) is 11.5 Å². The number of ether oxygens (including phenoxy) is 2. The Morgan fingerprint density at radius 1 is 1.31 bits per heavy atom. The third-order valence-corrected chi connectivity index (χ3v) is 3.74. The van der Waals surface area contributed by atoms with Gasteiger partial charge in [-0.2, -0.15) is 0 Å². The van der Waals surface area contributed by atoms with Crippen LogP contribution >= 0.6 is 12.2 Å². The second-order valence-electron chi connectivity index (χ2n) is 6.15. The van der Waals surface area contributed by atoms with Crippen molar-refractivity contribution in [2.24, 2.45) is 0 Å². The van der Waals surface area contributed by atoms with Gasteiger partial charge in [0.25, 0.3) is 4.84 Å². The third kappa shape index (κ3) is 5.30. The van der Waals surface area contributed by atoms with Crippen LogP contribution in [-0.2, 0) is 11.5 Å². The SMILES string of the molecule is COc1cc(OC)cc(-c2nn(CN(C)CC(=O)NC(C)C)c(=S)o2)c1. The molecule has 0 spiro atoms. The van der Waals surface area contributed by atoms with E-state index in [0.717, 1.165) is 0 Å². The summed E-state index contributed by atoms with van der Waals surface area (Å²) in [6, 6.07) is 5.43. The Hall–Kier alpha value is -2.39. The third-order valence-electron chi connectivity index (χ3n) is 3.44. The maximum atomic E-state index is 11.8. The Morgan fingerprint density at radius 2 is 1.92 bits per heavy atom. The van der Waals surface area contributed by atoms with Crippen LogP contribution in [0.25, 0.3) is 11.5 Å². The van der Waals surface area contributed by atoms with Crippen molar-refractivity contribution in [2.75, 3.05) is 27.8 Å². The fourth-order valence-corrected chi connectivity index (χ4v) is 2.51. The van der Waals surface area contributed by atoms with E-state index in [0.29, 0.717) is 29.6 Å². The van der Waals surface area contributed by atoms with Crippen LogP contribution in [0.1, 0.15) is 13.8 Å². The summed E-state index contributed by atoms with van der Waals surface area (Å²) >= 11 is 5.24. The Balaban J connectivity index is 2.16. The molecule has 1 aromatic heterocycles. The van der Waals surface area contributed by atoms with Gasteiger partial charge in [-0.15, -0.1) is 5.10 Å². The molecule has 0 fully saturated rings. The van der Waals surface area contributed by atoms with Crippen LogP contribution in [0, 0.1) is 4.84 Å². The lowest BCUT2D eigenvalue weighted by atomic mass is 10.2. The zero-order chi connectivity index (χ0) is 19.3. The fraction of sp³-hybridized carbons (Fsp3) is 0.471. The summed E-state index contributed by atoms with van der Waals surface area (Å²) in [5, 5.41) is 7.24. The lowest BCUT2D eigenvalue weighted by Crippen LogP contribution is -2.39. The smallest absolute Gasteiger partial charge is 0.288 e. The summed E-state index contributed by atoms with van der Waals surface area (Å²) in [7, 11) is 4.96. The first kappa shape index (κ1) is 19.9. The highest BCUT2D eigenvalue weighted by molar-refractivity contribution is 7.71. The van der Waals surface area contributed by atoms with E-state index in [1.54, 1.807) is 37.3 Å². The molecule has 0 saturated carbocycles. The summed E-state index contributed by atoms with van der Waals surface area (Å²) in [6.07, 6.45) is 0. The van der Waals surface area contributed by atoms with Gasteiger partial charge in [0.05, 0.1) is 27.4 Å². The second kappa shape index (κ2) is 8.81. The number of aromatic nitrogens is 2. The highest BCUT2D eigenvalue weighted by Gasteiger charge is 2.14. The number of benzene rings is 1. The predicted molar refractivity (Wildman–Crippen MR) is 99.8 cm³/mol. The number of methoxy groups -OCH3 is 2. The molecule has 0 aliphatic rings. The lowest BCUT2D eigenvalue weighted by molar-refractivity contribution is -0.122. The first-order valence-corrected chi connectivity index (χ1v) is 8.52. The minimum Gasteiger partial charge on any atom is -0.497 e. The van der Waals surface area contributed by atoms with Crippen LogP contribution in [-0.4, -0.2) is 54.4 Å². The first-order chi connectivity index (χ1) is 12.3. The van der Waals surface area contributed by atoms with E-state index in [9.17, 15) is 4.79 Å². The largest absolute Gasteiger partial charge is 0.497 e. The van der Waals surface area contributed by atoms with Crippen molar-refractivity contribution in [3.63, 3.8) is 0 Å². The number of rotatable bonds is 8. The highest BCUT2D eigenvalue weighted by Crippen LogP contribution is 2.29.